The van der Waals surface area contributed by atoms with E-state index in [9.17, 15) is 4.79 Å². The molecule has 1 aromatic heterocycles. The molecule has 1 atom stereocenters. The summed E-state index contributed by atoms with van der Waals surface area (Å²) in [6.07, 6.45) is 11.8. The summed E-state index contributed by atoms with van der Waals surface area (Å²) in [4.78, 5) is 18.3. The van der Waals surface area contributed by atoms with Crippen molar-refractivity contribution in [2.45, 2.75) is 31.7 Å². The van der Waals surface area contributed by atoms with Crippen molar-refractivity contribution in [1.82, 2.24) is 9.80 Å². The van der Waals surface area contributed by atoms with Crippen LogP contribution in [0.3, 0.4) is 0 Å². The minimum atomic E-state index is -0.0125. The van der Waals surface area contributed by atoms with Gasteiger partial charge in [0.05, 0.1) is 12.6 Å². The van der Waals surface area contributed by atoms with E-state index in [0.29, 0.717) is 6.54 Å². The number of rotatable bonds is 3. The Balaban J connectivity index is 1.65. The maximum Gasteiger partial charge on any atom is 0.240 e. The average Bonchev–Trinajstić information content (AvgIpc) is 3.10. The van der Waals surface area contributed by atoms with Crippen LogP contribution in [-0.2, 0) is 4.79 Å². The maximum atomic E-state index is 12.8. The average molecular weight is 314 g/mol. The van der Waals surface area contributed by atoms with Gasteiger partial charge in [-0.3, -0.25) is 9.69 Å². The molecule has 4 heteroatoms. The van der Waals surface area contributed by atoms with E-state index in [1.54, 1.807) is 11.3 Å². The van der Waals surface area contributed by atoms with Gasteiger partial charge in [0.1, 0.15) is 0 Å². The van der Waals surface area contributed by atoms with Crippen LogP contribution in [0.4, 0.5) is 0 Å². The molecule has 0 spiro atoms. The maximum absolute atomic E-state index is 12.8. The minimum Gasteiger partial charge on any atom is -0.337 e. The van der Waals surface area contributed by atoms with Crippen molar-refractivity contribution in [3.05, 3.63) is 28.5 Å². The highest BCUT2D eigenvalue weighted by atomic mass is 32.1. The number of hydrogen-bond donors (Lipinski definition) is 0. The third-order valence-corrected chi connectivity index (χ3v) is 5.50. The second-order valence-electron chi connectivity index (χ2n) is 5.93. The lowest BCUT2D eigenvalue weighted by molar-refractivity contribution is -0.137. The number of amides is 1. The molecule has 3 heterocycles. The van der Waals surface area contributed by atoms with E-state index in [2.05, 4.69) is 34.4 Å². The number of nitrogens with zero attached hydrogens (tertiary/aromatic N) is 2. The Morgan fingerprint density at radius 2 is 2.32 bits per heavy atom. The summed E-state index contributed by atoms with van der Waals surface area (Å²) in [6.45, 7) is 3.08. The van der Waals surface area contributed by atoms with E-state index >= 15 is 0 Å². The van der Waals surface area contributed by atoms with Gasteiger partial charge in [-0.15, -0.1) is 17.8 Å². The van der Waals surface area contributed by atoms with E-state index < -0.39 is 0 Å². The van der Waals surface area contributed by atoms with Crippen LogP contribution in [0.15, 0.2) is 23.6 Å². The Bertz CT molecular complexity index is 585. The highest BCUT2D eigenvalue weighted by Crippen LogP contribution is 2.27. The second kappa shape index (κ2) is 7.13. The van der Waals surface area contributed by atoms with Crippen molar-refractivity contribution >= 4 is 22.8 Å². The lowest BCUT2D eigenvalue weighted by Gasteiger charge is -2.37. The SMILES string of the molecule is C#CCN1CCCC[C@H]1C(=O)N1CC=C(c2cccs2)CC1. The van der Waals surface area contributed by atoms with Gasteiger partial charge in [-0.1, -0.05) is 24.5 Å². The number of thiophene rings is 1. The smallest absolute Gasteiger partial charge is 0.240 e. The van der Waals surface area contributed by atoms with Crippen molar-refractivity contribution in [3.63, 3.8) is 0 Å². The zero-order valence-electron chi connectivity index (χ0n) is 12.8. The molecule has 1 fully saturated rings. The normalized spacial score (nSPS) is 23.0. The first-order valence-electron chi connectivity index (χ1n) is 7.99. The number of likely N-dealkylation sites (tertiary alicyclic amines) is 1. The molecule has 116 valence electrons. The van der Waals surface area contributed by atoms with Crippen molar-refractivity contribution in [2.75, 3.05) is 26.2 Å². The fraction of sp³-hybridized carbons (Fsp3) is 0.500. The molecule has 1 saturated heterocycles. The Morgan fingerprint density at radius 1 is 1.41 bits per heavy atom. The summed E-state index contributed by atoms with van der Waals surface area (Å²) in [6, 6.07) is 4.23. The lowest BCUT2D eigenvalue weighted by Crippen LogP contribution is -2.51. The summed E-state index contributed by atoms with van der Waals surface area (Å²) in [5, 5.41) is 2.10. The Hall–Kier alpha value is -1.57. The van der Waals surface area contributed by atoms with E-state index in [-0.39, 0.29) is 11.9 Å². The predicted octanol–water partition coefficient (Wildman–Crippen LogP) is 2.85. The fourth-order valence-corrected chi connectivity index (χ4v) is 4.14. The van der Waals surface area contributed by atoms with Gasteiger partial charge < -0.3 is 4.90 Å². The Kier molecular flexibility index (Phi) is 4.97. The molecule has 0 unspecified atom stereocenters. The molecule has 2 aliphatic heterocycles. The van der Waals surface area contributed by atoms with Crippen molar-refractivity contribution < 1.29 is 4.79 Å². The molecule has 0 aliphatic carbocycles. The van der Waals surface area contributed by atoms with Crippen LogP contribution in [0.2, 0.25) is 0 Å². The fourth-order valence-electron chi connectivity index (χ4n) is 3.34. The molecule has 0 saturated carbocycles. The second-order valence-corrected chi connectivity index (χ2v) is 6.87. The van der Waals surface area contributed by atoms with Gasteiger partial charge >= 0.3 is 0 Å². The minimum absolute atomic E-state index is 0.0125. The molecule has 0 radical (unpaired) electrons. The van der Waals surface area contributed by atoms with Crippen LogP contribution >= 0.6 is 11.3 Å². The molecule has 3 nitrogen and oxygen atoms in total. The summed E-state index contributed by atoms with van der Waals surface area (Å²) >= 11 is 1.77. The lowest BCUT2D eigenvalue weighted by atomic mass is 9.99. The first kappa shape index (κ1) is 15.3. The van der Waals surface area contributed by atoms with E-state index in [1.165, 1.54) is 10.5 Å². The van der Waals surface area contributed by atoms with Crippen LogP contribution in [0, 0.1) is 12.3 Å². The van der Waals surface area contributed by atoms with E-state index in [4.69, 9.17) is 6.42 Å². The molecule has 0 N–H and O–H groups in total. The molecule has 22 heavy (non-hydrogen) atoms. The third-order valence-electron chi connectivity index (χ3n) is 4.55. The van der Waals surface area contributed by atoms with Gasteiger partial charge in [-0.25, -0.2) is 0 Å². The monoisotopic (exact) mass is 314 g/mol. The van der Waals surface area contributed by atoms with Crippen LogP contribution in [0.25, 0.3) is 5.57 Å². The highest BCUT2D eigenvalue weighted by Gasteiger charge is 2.32. The van der Waals surface area contributed by atoms with E-state index in [1.807, 2.05) is 4.90 Å². The number of carbonyl (C=O) groups excluding carboxylic acids is 1. The van der Waals surface area contributed by atoms with Crippen LogP contribution in [0.5, 0.6) is 0 Å². The molecule has 1 aromatic rings. The van der Waals surface area contributed by atoms with Gasteiger partial charge in [0, 0.05) is 18.0 Å². The zero-order valence-corrected chi connectivity index (χ0v) is 13.6. The third kappa shape index (κ3) is 3.26. The van der Waals surface area contributed by atoms with Crippen molar-refractivity contribution in [3.8, 4) is 12.3 Å². The van der Waals surface area contributed by atoms with Gasteiger partial charge in [-0.05, 0) is 42.8 Å². The predicted molar refractivity (Wildman–Crippen MR) is 91.5 cm³/mol. The molecule has 2 aliphatic rings. The van der Waals surface area contributed by atoms with E-state index in [0.717, 1.165) is 45.3 Å². The first-order chi connectivity index (χ1) is 10.8. The Labute approximate surface area is 136 Å². The van der Waals surface area contributed by atoms with Crippen LogP contribution in [-0.4, -0.2) is 47.9 Å². The van der Waals surface area contributed by atoms with Crippen molar-refractivity contribution in [1.29, 1.82) is 0 Å². The van der Waals surface area contributed by atoms with Crippen molar-refractivity contribution in [2.24, 2.45) is 0 Å². The van der Waals surface area contributed by atoms with Gasteiger partial charge in [0.2, 0.25) is 5.91 Å². The van der Waals surface area contributed by atoms with Gasteiger partial charge in [0.25, 0.3) is 0 Å². The summed E-state index contributed by atoms with van der Waals surface area (Å²) < 4.78 is 0. The number of terminal acetylenes is 1. The highest BCUT2D eigenvalue weighted by molar-refractivity contribution is 7.11. The summed E-state index contributed by atoms with van der Waals surface area (Å²) in [7, 11) is 0. The largest absolute Gasteiger partial charge is 0.337 e. The molecular formula is C18H22N2OS. The molecule has 0 bridgehead atoms. The summed E-state index contributed by atoms with van der Waals surface area (Å²) in [5.41, 5.74) is 1.38. The molecule has 3 rings (SSSR count). The quantitative estimate of drug-likeness (QED) is 0.801. The standard InChI is InChI=1S/C18H22N2OS/c1-2-10-19-11-4-3-6-16(19)18(21)20-12-8-15(9-13-20)17-7-5-14-22-17/h1,5,7-8,14,16H,3-4,6,9-13H2/t16-/m0/s1. The van der Waals surface area contributed by atoms with Gasteiger partial charge in [0.15, 0.2) is 0 Å². The number of hydrogen-bond acceptors (Lipinski definition) is 3. The zero-order chi connectivity index (χ0) is 15.4. The van der Waals surface area contributed by atoms with Gasteiger partial charge in [-0.2, -0.15) is 0 Å². The topological polar surface area (TPSA) is 23.6 Å². The van der Waals surface area contributed by atoms with Crippen LogP contribution < -0.4 is 0 Å². The molecule has 0 aromatic carbocycles. The Morgan fingerprint density at radius 3 is 3.00 bits per heavy atom. The first-order valence-corrected chi connectivity index (χ1v) is 8.87. The molecular weight excluding hydrogens is 292 g/mol. The van der Waals surface area contributed by atoms with Crippen LogP contribution in [0.1, 0.15) is 30.6 Å². The number of carbonyl (C=O) groups is 1. The number of piperidine rings is 1. The molecule has 1 amide bonds. The summed E-state index contributed by atoms with van der Waals surface area (Å²) in [5.74, 6) is 2.96.